The number of aliphatic hydroxyl groups excluding tert-OH is 2. The van der Waals surface area contributed by atoms with Crippen LogP contribution in [0.4, 0.5) is 0 Å². The highest BCUT2D eigenvalue weighted by Gasteiger charge is 2.31. The monoisotopic (exact) mass is 426 g/mol. The van der Waals surface area contributed by atoms with Crippen LogP contribution in [0.2, 0.25) is 0 Å². The molecule has 0 radical (unpaired) electrons. The van der Waals surface area contributed by atoms with Crippen LogP contribution < -0.4 is 21.7 Å². The summed E-state index contributed by atoms with van der Waals surface area (Å²) in [5.74, 6) is -4.03. The van der Waals surface area contributed by atoms with Crippen LogP contribution in [0.5, 0.6) is 5.75 Å². The predicted molar refractivity (Wildman–Crippen MR) is 103 cm³/mol. The second-order valence-corrected chi connectivity index (χ2v) is 6.50. The second-order valence-electron chi connectivity index (χ2n) is 6.50. The standard InChI is InChI=1S/C18H26N4O8/c1-9(24)15(22-14(26)7-19)17(28)21-13(8-23)16(27)20-12(18(29)30)6-10-2-4-11(25)5-3-10/h2-5,9,12-13,15,23-25H,6-8,19H2,1H3,(H,20,27)(H,21,28)(H,22,26)(H,29,30). The number of nitrogens with one attached hydrogen (secondary N) is 3. The van der Waals surface area contributed by atoms with Crippen molar-refractivity contribution in [2.75, 3.05) is 13.2 Å². The zero-order valence-corrected chi connectivity index (χ0v) is 16.2. The van der Waals surface area contributed by atoms with Crippen molar-refractivity contribution in [3.63, 3.8) is 0 Å². The van der Waals surface area contributed by atoms with E-state index in [1.54, 1.807) is 0 Å². The Kier molecular flexibility index (Phi) is 9.68. The van der Waals surface area contributed by atoms with E-state index in [0.29, 0.717) is 5.56 Å². The molecule has 166 valence electrons. The minimum atomic E-state index is -1.53. The van der Waals surface area contributed by atoms with Gasteiger partial charge in [-0.15, -0.1) is 0 Å². The van der Waals surface area contributed by atoms with Crippen molar-refractivity contribution in [2.24, 2.45) is 5.73 Å². The number of phenolic OH excluding ortho intramolecular Hbond substituents is 1. The fourth-order valence-corrected chi connectivity index (χ4v) is 2.43. The van der Waals surface area contributed by atoms with Crippen molar-refractivity contribution in [3.8, 4) is 5.75 Å². The van der Waals surface area contributed by atoms with Gasteiger partial charge in [0.25, 0.3) is 0 Å². The van der Waals surface area contributed by atoms with Gasteiger partial charge in [0.1, 0.15) is 23.9 Å². The zero-order chi connectivity index (χ0) is 22.8. The molecule has 1 aromatic rings. The molecule has 12 heteroatoms. The van der Waals surface area contributed by atoms with E-state index in [9.17, 15) is 39.6 Å². The first-order valence-electron chi connectivity index (χ1n) is 8.98. The molecule has 0 aromatic heterocycles. The van der Waals surface area contributed by atoms with E-state index in [1.165, 1.54) is 31.2 Å². The Hall–Kier alpha value is -3.22. The molecule has 9 N–H and O–H groups in total. The van der Waals surface area contributed by atoms with Crippen molar-refractivity contribution < 1.29 is 39.6 Å². The minimum absolute atomic E-state index is 0.00731. The third-order valence-electron chi connectivity index (χ3n) is 4.07. The Bertz CT molecular complexity index is 753. The molecule has 3 amide bonds. The van der Waals surface area contributed by atoms with Crippen LogP contribution in [-0.2, 0) is 25.6 Å². The van der Waals surface area contributed by atoms with E-state index < -0.39 is 61.1 Å². The molecule has 1 rings (SSSR count). The van der Waals surface area contributed by atoms with Crippen molar-refractivity contribution in [3.05, 3.63) is 29.8 Å². The van der Waals surface area contributed by atoms with Gasteiger partial charge in [-0.3, -0.25) is 14.4 Å². The maximum absolute atomic E-state index is 12.4. The van der Waals surface area contributed by atoms with Crippen LogP contribution in [0.15, 0.2) is 24.3 Å². The number of benzene rings is 1. The number of hydrogen-bond acceptors (Lipinski definition) is 8. The number of carboxylic acids is 1. The summed E-state index contributed by atoms with van der Waals surface area (Å²) in [7, 11) is 0. The summed E-state index contributed by atoms with van der Waals surface area (Å²) in [5, 5.41) is 44.3. The van der Waals surface area contributed by atoms with Crippen LogP contribution in [0, 0.1) is 0 Å². The lowest BCUT2D eigenvalue weighted by Gasteiger charge is -2.24. The highest BCUT2D eigenvalue weighted by molar-refractivity contribution is 5.94. The molecule has 12 nitrogen and oxygen atoms in total. The van der Waals surface area contributed by atoms with E-state index >= 15 is 0 Å². The van der Waals surface area contributed by atoms with Crippen molar-refractivity contribution in [1.82, 2.24) is 16.0 Å². The molecule has 0 aliphatic rings. The molecule has 4 atom stereocenters. The SMILES string of the molecule is CC(O)C(NC(=O)CN)C(=O)NC(CO)C(=O)NC(Cc1ccc(O)cc1)C(=O)O. The first kappa shape index (κ1) is 24.8. The molecule has 0 heterocycles. The Morgan fingerprint density at radius 1 is 1.00 bits per heavy atom. The number of carboxylic acid groups (broad SMARTS) is 1. The van der Waals surface area contributed by atoms with Gasteiger partial charge in [0, 0.05) is 6.42 Å². The topological polar surface area (TPSA) is 211 Å². The molecular weight excluding hydrogens is 400 g/mol. The molecule has 0 spiro atoms. The summed E-state index contributed by atoms with van der Waals surface area (Å²) >= 11 is 0. The molecule has 1 aromatic carbocycles. The minimum Gasteiger partial charge on any atom is -0.508 e. The Morgan fingerprint density at radius 2 is 1.57 bits per heavy atom. The van der Waals surface area contributed by atoms with Gasteiger partial charge in [0.15, 0.2) is 0 Å². The highest BCUT2D eigenvalue weighted by Crippen LogP contribution is 2.11. The van der Waals surface area contributed by atoms with Gasteiger partial charge in [-0.05, 0) is 24.6 Å². The summed E-state index contributed by atoms with van der Waals surface area (Å²) < 4.78 is 0. The average Bonchev–Trinajstić information content (AvgIpc) is 2.70. The number of carbonyl (C=O) groups is 4. The van der Waals surface area contributed by atoms with Crippen LogP contribution in [0.3, 0.4) is 0 Å². The van der Waals surface area contributed by atoms with Crippen LogP contribution >= 0.6 is 0 Å². The molecule has 0 aliphatic carbocycles. The third kappa shape index (κ3) is 7.66. The molecule has 0 saturated carbocycles. The summed E-state index contributed by atoms with van der Waals surface area (Å²) in [6.45, 7) is -0.0639. The fraction of sp³-hybridized carbons (Fsp3) is 0.444. The summed E-state index contributed by atoms with van der Waals surface area (Å²) in [5.41, 5.74) is 5.67. The normalized spacial score (nSPS) is 14.7. The van der Waals surface area contributed by atoms with Crippen LogP contribution in [-0.4, -0.2) is 81.5 Å². The van der Waals surface area contributed by atoms with Crippen LogP contribution in [0.25, 0.3) is 0 Å². The van der Waals surface area contributed by atoms with Gasteiger partial charge in [0.2, 0.25) is 17.7 Å². The van der Waals surface area contributed by atoms with E-state index in [-0.39, 0.29) is 12.2 Å². The molecular formula is C18H26N4O8. The zero-order valence-electron chi connectivity index (χ0n) is 16.2. The van der Waals surface area contributed by atoms with Gasteiger partial charge >= 0.3 is 5.97 Å². The van der Waals surface area contributed by atoms with E-state index in [2.05, 4.69) is 16.0 Å². The van der Waals surface area contributed by atoms with Gasteiger partial charge in [0.05, 0.1) is 19.3 Å². The number of rotatable bonds is 11. The lowest BCUT2D eigenvalue weighted by Crippen LogP contribution is -2.59. The summed E-state index contributed by atoms with van der Waals surface area (Å²) in [6, 6.07) is 1.34. The average molecular weight is 426 g/mol. The number of phenols is 1. The molecule has 0 aliphatic heterocycles. The first-order valence-corrected chi connectivity index (χ1v) is 8.98. The van der Waals surface area contributed by atoms with E-state index in [0.717, 1.165) is 0 Å². The number of aliphatic carboxylic acids is 1. The molecule has 0 bridgehead atoms. The Labute approximate surface area is 172 Å². The Balaban J connectivity index is 2.83. The van der Waals surface area contributed by atoms with E-state index in [4.69, 9.17) is 5.73 Å². The molecule has 30 heavy (non-hydrogen) atoms. The Morgan fingerprint density at radius 3 is 2.03 bits per heavy atom. The number of carbonyl (C=O) groups excluding carboxylic acids is 3. The maximum Gasteiger partial charge on any atom is 0.326 e. The van der Waals surface area contributed by atoms with Gasteiger partial charge in [-0.1, -0.05) is 12.1 Å². The van der Waals surface area contributed by atoms with Gasteiger partial charge < -0.3 is 42.1 Å². The quantitative estimate of drug-likeness (QED) is 0.179. The summed E-state index contributed by atoms with van der Waals surface area (Å²) in [4.78, 5) is 47.6. The second kappa shape index (κ2) is 11.7. The first-order chi connectivity index (χ1) is 14.1. The van der Waals surface area contributed by atoms with Crippen molar-refractivity contribution in [2.45, 2.75) is 37.6 Å². The largest absolute Gasteiger partial charge is 0.508 e. The molecule has 0 saturated heterocycles. The highest BCUT2D eigenvalue weighted by atomic mass is 16.4. The maximum atomic E-state index is 12.4. The number of amides is 3. The van der Waals surface area contributed by atoms with E-state index in [1.807, 2.05) is 0 Å². The van der Waals surface area contributed by atoms with Gasteiger partial charge in [-0.25, -0.2) is 4.79 Å². The van der Waals surface area contributed by atoms with Crippen LogP contribution in [0.1, 0.15) is 12.5 Å². The lowest BCUT2D eigenvalue weighted by molar-refractivity contribution is -0.142. The predicted octanol–water partition coefficient (Wildman–Crippen LogP) is -3.19. The third-order valence-corrected chi connectivity index (χ3v) is 4.07. The smallest absolute Gasteiger partial charge is 0.326 e. The van der Waals surface area contributed by atoms with Gasteiger partial charge in [-0.2, -0.15) is 0 Å². The summed E-state index contributed by atoms with van der Waals surface area (Å²) in [6.07, 6.45) is -1.44. The number of aromatic hydroxyl groups is 1. The lowest BCUT2D eigenvalue weighted by atomic mass is 10.1. The number of nitrogens with two attached hydrogens (primary N) is 1. The fourth-order valence-electron chi connectivity index (χ4n) is 2.43. The molecule has 0 fully saturated rings. The van der Waals surface area contributed by atoms with Crippen molar-refractivity contribution in [1.29, 1.82) is 0 Å². The molecule has 4 unspecified atom stereocenters. The number of aliphatic hydroxyl groups is 2. The number of hydrogen-bond donors (Lipinski definition) is 8. The van der Waals surface area contributed by atoms with Crippen molar-refractivity contribution >= 4 is 23.7 Å².